The van der Waals surface area contributed by atoms with E-state index >= 15 is 0 Å². The number of benzene rings is 2. The number of methoxy groups -OCH3 is 1. The summed E-state index contributed by atoms with van der Waals surface area (Å²) in [5.74, 6) is 0.274. The number of rotatable bonds is 6. The van der Waals surface area contributed by atoms with Crippen molar-refractivity contribution < 1.29 is 14.3 Å². The molecule has 0 atom stereocenters. The molecule has 0 saturated heterocycles. The molecule has 0 aliphatic rings. The SMILES string of the molecule is CCOC(=O)C(=Cc1ccccc1)Nc1ccc(Br)c(OC)c1. The smallest absolute Gasteiger partial charge is 0.354 e. The van der Waals surface area contributed by atoms with Crippen LogP contribution in [-0.4, -0.2) is 19.7 Å². The van der Waals surface area contributed by atoms with E-state index in [0.29, 0.717) is 18.1 Å². The van der Waals surface area contributed by atoms with Gasteiger partial charge in [-0.25, -0.2) is 4.79 Å². The Balaban J connectivity index is 2.31. The van der Waals surface area contributed by atoms with Crippen LogP contribution in [0, 0.1) is 0 Å². The van der Waals surface area contributed by atoms with E-state index in [1.54, 1.807) is 20.1 Å². The van der Waals surface area contributed by atoms with E-state index in [1.807, 2.05) is 48.5 Å². The number of anilines is 1. The molecule has 0 aromatic heterocycles. The molecular formula is C18H18BrNO3. The highest BCUT2D eigenvalue weighted by Crippen LogP contribution is 2.28. The standard InChI is InChI=1S/C18H18BrNO3/c1-3-23-18(21)16(11-13-7-5-4-6-8-13)20-14-9-10-15(19)17(12-14)22-2/h4-12,20H,3H2,1-2H3. The highest BCUT2D eigenvalue weighted by Gasteiger charge is 2.12. The van der Waals surface area contributed by atoms with E-state index in [1.165, 1.54) is 0 Å². The lowest BCUT2D eigenvalue weighted by Gasteiger charge is -2.12. The summed E-state index contributed by atoms with van der Waals surface area (Å²) in [4.78, 5) is 12.2. The van der Waals surface area contributed by atoms with Crippen LogP contribution in [-0.2, 0) is 9.53 Å². The Kier molecular flexibility index (Phi) is 6.23. The maximum atomic E-state index is 12.2. The lowest BCUT2D eigenvalue weighted by Crippen LogP contribution is -2.14. The average molecular weight is 376 g/mol. The monoisotopic (exact) mass is 375 g/mol. The summed E-state index contributed by atoms with van der Waals surface area (Å²) in [7, 11) is 1.59. The predicted molar refractivity (Wildman–Crippen MR) is 95.4 cm³/mol. The zero-order valence-electron chi connectivity index (χ0n) is 13.0. The van der Waals surface area contributed by atoms with Crippen molar-refractivity contribution in [3.05, 3.63) is 64.3 Å². The summed E-state index contributed by atoms with van der Waals surface area (Å²) in [6, 6.07) is 15.1. The maximum absolute atomic E-state index is 12.2. The first-order valence-electron chi connectivity index (χ1n) is 7.18. The molecule has 0 unspecified atom stereocenters. The van der Waals surface area contributed by atoms with Gasteiger partial charge in [0, 0.05) is 11.8 Å². The summed E-state index contributed by atoms with van der Waals surface area (Å²) in [6.45, 7) is 2.09. The summed E-state index contributed by atoms with van der Waals surface area (Å²) >= 11 is 3.41. The third kappa shape index (κ3) is 4.86. The third-order valence-corrected chi connectivity index (χ3v) is 3.69. The topological polar surface area (TPSA) is 47.6 Å². The number of esters is 1. The Morgan fingerprint density at radius 2 is 1.96 bits per heavy atom. The van der Waals surface area contributed by atoms with Crippen LogP contribution < -0.4 is 10.1 Å². The van der Waals surface area contributed by atoms with Crippen LogP contribution in [0.1, 0.15) is 12.5 Å². The van der Waals surface area contributed by atoms with Crippen molar-refractivity contribution in [1.29, 1.82) is 0 Å². The number of carbonyl (C=O) groups is 1. The minimum Gasteiger partial charge on any atom is -0.495 e. The van der Waals surface area contributed by atoms with Crippen molar-refractivity contribution >= 4 is 33.7 Å². The Morgan fingerprint density at radius 3 is 2.61 bits per heavy atom. The van der Waals surface area contributed by atoms with Crippen molar-refractivity contribution in [1.82, 2.24) is 0 Å². The third-order valence-electron chi connectivity index (χ3n) is 3.04. The first kappa shape index (κ1) is 17.1. The van der Waals surface area contributed by atoms with Gasteiger partial charge in [0.1, 0.15) is 11.4 Å². The molecule has 0 spiro atoms. The van der Waals surface area contributed by atoms with E-state index < -0.39 is 5.97 Å². The van der Waals surface area contributed by atoms with Gasteiger partial charge in [0.2, 0.25) is 0 Å². The van der Waals surface area contributed by atoms with Crippen LogP contribution in [0.2, 0.25) is 0 Å². The summed E-state index contributed by atoms with van der Waals surface area (Å²) < 4.78 is 11.2. The minimum absolute atomic E-state index is 0.316. The van der Waals surface area contributed by atoms with E-state index in [4.69, 9.17) is 9.47 Å². The van der Waals surface area contributed by atoms with Gasteiger partial charge in [-0.1, -0.05) is 30.3 Å². The molecule has 0 saturated carbocycles. The molecule has 2 aromatic carbocycles. The fraction of sp³-hybridized carbons (Fsp3) is 0.167. The molecule has 0 amide bonds. The zero-order valence-corrected chi connectivity index (χ0v) is 14.6. The maximum Gasteiger partial charge on any atom is 0.354 e. The number of hydrogen-bond acceptors (Lipinski definition) is 4. The van der Waals surface area contributed by atoms with Gasteiger partial charge in [-0.3, -0.25) is 0 Å². The second-order valence-electron chi connectivity index (χ2n) is 4.66. The largest absolute Gasteiger partial charge is 0.495 e. The van der Waals surface area contributed by atoms with Gasteiger partial charge in [-0.05, 0) is 46.6 Å². The van der Waals surface area contributed by atoms with Gasteiger partial charge in [-0.15, -0.1) is 0 Å². The lowest BCUT2D eigenvalue weighted by molar-refractivity contribution is -0.138. The molecule has 0 aliphatic carbocycles. The summed E-state index contributed by atoms with van der Waals surface area (Å²) in [6.07, 6.45) is 1.76. The van der Waals surface area contributed by atoms with Gasteiger partial charge >= 0.3 is 5.97 Å². The van der Waals surface area contributed by atoms with Crippen molar-refractivity contribution in [2.45, 2.75) is 6.92 Å². The van der Waals surface area contributed by atoms with Gasteiger partial charge < -0.3 is 14.8 Å². The molecule has 2 rings (SSSR count). The number of carbonyl (C=O) groups excluding carboxylic acids is 1. The molecule has 0 heterocycles. The summed E-state index contributed by atoms with van der Waals surface area (Å²) in [5.41, 5.74) is 2.01. The molecule has 2 aromatic rings. The lowest BCUT2D eigenvalue weighted by atomic mass is 10.2. The molecule has 23 heavy (non-hydrogen) atoms. The van der Waals surface area contributed by atoms with Crippen molar-refractivity contribution in [2.24, 2.45) is 0 Å². The molecule has 1 N–H and O–H groups in total. The fourth-order valence-corrected chi connectivity index (χ4v) is 2.37. The first-order chi connectivity index (χ1) is 11.1. The van der Waals surface area contributed by atoms with Gasteiger partial charge in [0.15, 0.2) is 0 Å². The number of nitrogens with one attached hydrogen (secondary N) is 1. The average Bonchev–Trinajstić information content (AvgIpc) is 2.57. The van der Waals surface area contributed by atoms with Gasteiger partial charge in [-0.2, -0.15) is 0 Å². The normalized spacial score (nSPS) is 11.0. The Labute approximate surface area is 144 Å². The second-order valence-corrected chi connectivity index (χ2v) is 5.52. The highest BCUT2D eigenvalue weighted by atomic mass is 79.9. The number of halogens is 1. The van der Waals surface area contributed by atoms with Crippen molar-refractivity contribution in [3.63, 3.8) is 0 Å². The Bertz CT molecular complexity index is 699. The van der Waals surface area contributed by atoms with E-state index in [9.17, 15) is 4.79 Å². The zero-order chi connectivity index (χ0) is 16.7. The first-order valence-corrected chi connectivity index (χ1v) is 7.97. The van der Waals surface area contributed by atoms with Crippen LogP contribution >= 0.6 is 15.9 Å². The molecule has 0 aliphatic heterocycles. The quantitative estimate of drug-likeness (QED) is 0.597. The molecule has 0 bridgehead atoms. The molecular weight excluding hydrogens is 358 g/mol. The fourth-order valence-electron chi connectivity index (χ4n) is 1.96. The van der Waals surface area contributed by atoms with E-state index in [-0.39, 0.29) is 0 Å². The summed E-state index contributed by atoms with van der Waals surface area (Å²) in [5, 5.41) is 3.10. The Morgan fingerprint density at radius 1 is 1.22 bits per heavy atom. The van der Waals surface area contributed by atoms with Crippen LogP contribution in [0.3, 0.4) is 0 Å². The van der Waals surface area contributed by atoms with Gasteiger partial charge in [0.25, 0.3) is 0 Å². The van der Waals surface area contributed by atoms with Crippen molar-refractivity contribution in [3.8, 4) is 5.75 Å². The van der Waals surface area contributed by atoms with Crippen LogP contribution in [0.5, 0.6) is 5.75 Å². The highest BCUT2D eigenvalue weighted by molar-refractivity contribution is 9.10. The number of hydrogen-bond donors (Lipinski definition) is 1. The van der Waals surface area contributed by atoms with Crippen LogP contribution in [0.4, 0.5) is 5.69 Å². The molecule has 120 valence electrons. The predicted octanol–water partition coefficient (Wildman–Crippen LogP) is 4.47. The van der Waals surface area contributed by atoms with Crippen LogP contribution in [0.25, 0.3) is 6.08 Å². The minimum atomic E-state index is -0.404. The van der Waals surface area contributed by atoms with Gasteiger partial charge in [0.05, 0.1) is 18.2 Å². The molecule has 0 radical (unpaired) electrons. The molecule has 0 fully saturated rings. The number of ether oxygens (including phenoxy) is 2. The van der Waals surface area contributed by atoms with Crippen LogP contribution in [0.15, 0.2) is 58.7 Å². The van der Waals surface area contributed by atoms with E-state index in [0.717, 1.165) is 15.7 Å². The van der Waals surface area contributed by atoms with Crippen molar-refractivity contribution in [2.75, 3.05) is 19.0 Å². The Hall–Kier alpha value is -2.27. The van der Waals surface area contributed by atoms with E-state index in [2.05, 4.69) is 21.2 Å². The second kappa shape index (κ2) is 8.39. The molecule has 5 heteroatoms. The molecule has 4 nitrogen and oxygen atoms in total.